The zero-order valence-corrected chi connectivity index (χ0v) is 17.1. The number of benzene rings is 1. The average molecular weight is 460 g/mol. The van der Waals surface area contributed by atoms with E-state index in [0.29, 0.717) is 6.54 Å². The Morgan fingerprint density at radius 2 is 1.88 bits per heavy atom. The fourth-order valence-electron chi connectivity index (χ4n) is 3.26. The Balaban J connectivity index is 0.00000225. The van der Waals surface area contributed by atoms with Gasteiger partial charge >= 0.3 is 0 Å². The van der Waals surface area contributed by atoms with Gasteiger partial charge in [-0.05, 0) is 25.0 Å². The Morgan fingerprint density at radius 1 is 1.24 bits per heavy atom. The van der Waals surface area contributed by atoms with Gasteiger partial charge in [0, 0.05) is 51.6 Å². The van der Waals surface area contributed by atoms with Gasteiger partial charge in [0.2, 0.25) is 5.91 Å². The molecule has 0 spiro atoms. The molecule has 3 rings (SSSR count). The van der Waals surface area contributed by atoms with Crippen molar-refractivity contribution in [2.45, 2.75) is 32.2 Å². The van der Waals surface area contributed by atoms with Crippen molar-refractivity contribution < 1.29 is 9.18 Å². The van der Waals surface area contributed by atoms with Gasteiger partial charge in [-0.3, -0.25) is 9.79 Å². The molecule has 1 amide bonds. The summed E-state index contributed by atoms with van der Waals surface area (Å²) in [6.07, 6.45) is 0.928. The van der Waals surface area contributed by atoms with Crippen LogP contribution in [0.1, 0.15) is 31.7 Å². The van der Waals surface area contributed by atoms with Crippen molar-refractivity contribution in [1.82, 2.24) is 15.1 Å². The number of hydrogen-bond donors (Lipinski definition) is 1. The second-order valence-corrected chi connectivity index (χ2v) is 6.41. The maximum absolute atomic E-state index is 13.9. The van der Waals surface area contributed by atoms with E-state index in [1.807, 2.05) is 24.0 Å². The molecule has 5 nitrogen and oxygen atoms in total. The Labute approximate surface area is 165 Å². The lowest BCUT2D eigenvalue weighted by Crippen LogP contribution is -2.53. The number of carbonyl (C=O) groups is 1. The van der Waals surface area contributed by atoms with Crippen molar-refractivity contribution in [2.24, 2.45) is 4.99 Å². The van der Waals surface area contributed by atoms with Crippen molar-refractivity contribution in [2.75, 3.05) is 32.7 Å². The van der Waals surface area contributed by atoms with Crippen LogP contribution in [-0.2, 0) is 4.79 Å². The topological polar surface area (TPSA) is 47.9 Å². The first kappa shape index (κ1) is 19.9. The molecule has 0 bridgehead atoms. The largest absolute Gasteiger partial charge is 0.353 e. The van der Waals surface area contributed by atoms with Gasteiger partial charge in [-0.25, -0.2) is 4.39 Å². The maximum atomic E-state index is 13.9. The normalized spacial score (nSPS) is 23.1. The number of halogens is 2. The average Bonchev–Trinajstić information content (AvgIpc) is 3.34. The molecular weight excluding hydrogens is 434 g/mol. The number of guanidine groups is 1. The quantitative estimate of drug-likeness (QED) is 0.429. The predicted molar refractivity (Wildman–Crippen MR) is 108 cm³/mol. The lowest BCUT2D eigenvalue weighted by molar-refractivity contribution is -0.130. The van der Waals surface area contributed by atoms with Crippen molar-refractivity contribution in [3.05, 3.63) is 35.6 Å². The third kappa shape index (κ3) is 4.83. The first-order chi connectivity index (χ1) is 11.6. The fourth-order valence-corrected chi connectivity index (χ4v) is 3.26. The number of nitrogens with zero attached hydrogens (tertiary/aromatic N) is 3. The first-order valence-corrected chi connectivity index (χ1v) is 8.66. The highest BCUT2D eigenvalue weighted by Crippen LogP contribution is 2.41. The molecule has 1 saturated carbocycles. The summed E-state index contributed by atoms with van der Waals surface area (Å²) >= 11 is 0. The predicted octanol–water partition coefficient (Wildman–Crippen LogP) is 2.43. The third-order valence-electron chi connectivity index (χ3n) is 4.74. The molecule has 1 aromatic rings. The fraction of sp³-hybridized carbons (Fsp3) is 0.556. The van der Waals surface area contributed by atoms with Gasteiger partial charge in [0.1, 0.15) is 5.82 Å². The van der Waals surface area contributed by atoms with Gasteiger partial charge < -0.3 is 15.1 Å². The zero-order valence-electron chi connectivity index (χ0n) is 14.7. The van der Waals surface area contributed by atoms with E-state index < -0.39 is 0 Å². The molecule has 2 atom stereocenters. The van der Waals surface area contributed by atoms with E-state index in [-0.39, 0.29) is 47.7 Å². The van der Waals surface area contributed by atoms with Gasteiger partial charge in [0.25, 0.3) is 0 Å². The van der Waals surface area contributed by atoms with E-state index in [2.05, 4.69) is 15.2 Å². The van der Waals surface area contributed by atoms with E-state index in [9.17, 15) is 9.18 Å². The molecule has 1 heterocycles. The lowest BCUT2D eigenvalue weighted by atomic mass is 10.1. The Morgan fingerprint density at radius 3 is 2.48 bits per heavy atom. The van der Waals surface area contributed by atoms with Crippen molar-refractivity contribution in [1.29, 1.82) is 0 Å². The minimum absolute atomic E-state index is 0. The van der Waals surface area contributed by atoms with E-state index in [1.165, 1.54) is 6.07 Å². The Kier molecular flexibility index (Phi) is 7.04. The molecule has 1 aliphatic carbocycles. The Hall–Kier alpha value is -1.38. The number of rotatable bonds is 3. The molecule has 1 aromatic carbocycles. The highest BCUT2D eigenvalue weighted by Gasteiger charge is 2.41. The molecule has 25 heavy (non-hydrogen) atoms. The summed E-state index contributed by atoms with van der Waals surface area (Å²) in [5.74, 6) is 1.09. The van der Waals surface area contributed by atoms with Crippen LogP contribution in [0, 0.1) is 5.82 Å². The first-order valence-electron chi connectivity index (χ1n) is 8.66. The third-order valence-corrected chi connectivity index (χ3v) is 4.74. The summed E-state index contributed by atoms with van der Waals surface area (Å²) in [6, 6.07) is 7.23. The van der Waals surface area contributed by atoms with Crippen LogP contribution in [0.5, 0.6) is 0 Å². The second-order valence-electron chi connectivity index (χ2n) is 6.41. The summed E-state index contributed by atoms with van der Waals surface area (Å²) < 4.78 is 13.9. The van der Waals surface area contributed by atoms with Gasteiger partial charge in [0.05, 0.1) is 0 Å². The van der Waals surface area contributed by atoms with Crippen molar-refractivity contribution in [3.63, 3.8) is 0 Å². The summed E-state index contributed by atoms with van der Waals surface area (Å²) in [5, 5.41) is 3.49. The maximum Gasteiger partial charge on any atom is 0.219 e. The molecule has 1 aliphatic heterocycles. The zero-order chi connectivity index (χ0) is 17.1. The smallest absolute Gasteiger partial charge is 0.219 e. The van der Waals surface area contributed by atoms with Crippen LogP contribution in [-0.4, -0.2) is 60.4 Å². The van der Waals surface area contributed by atoms with Gasteiger partial charge in [-0.1, -0.05) is 18.2 Å². The van der Waals surface area contributed by atoms with Crippen molar-refractivity contribution in [3.8, 4) is 0 Å². The van der Waals surface area contributed by atoms with E-state index in [0.717, 1.165) is 44.1 Å². The SMILES string of the molecule is CCN=C(NC1CC1c1ccccc1F)N1CCN(C(C)=O)CC1.I. The molecule has 2 unspecified atom stereocenters. The van der Waals surface area contributed by atoms with Crippen LogP contribution < -0.4 is 5.32 Å². The van der Waals surface area contributed by atoms with Gasteiger partial charge in [-0.2, -0.15) is 0 Å². The molecule has 2 fully saturated rings. The molecular formula is C18H26FIN4O. The minimum atomic E-state index is -0.129. The standard InChI is InChI=1S/C18H25FN4O.HI/c1-3-20-18(23-10-8-22(9-11-23)13(2)24)21-17-12-15(17)14-6-4-5-7-16(14)19;/h4-7,15,17H,3,8-12H2,1-2H3,(H,20,21);1H. The number of hydrogen-bond acceptors (Lipinski definition) is 2. The van der Waals surface area contributed by atoms with Crippen LogP contribution in [0.15, 0.2) is 29.3 Å². The van der Waals surface area contributed by atoms with Crippen LogP contribution in [0.4, 0.5) is 4.39 Å². The highest BCUT2D eigenvalue weighted by atomic mass is 127. The molecule has 7 heteroatoms. The molecule has 1 saturated heterocycles. The number of aliphatic imine (C=N–C) groups is 1. The molecule has 0 radical (unpaired) electrons. The van der Waals surface area contributed by atoms with Crippen LogP contribution in [0.2, 0.25) is 0 Å². The van der Waals surface area contributed by atoms with Gasteiger partial charge in [-0.15, -0.1) is 24.0 Å². The lowest BCUT2D eigenvalue weighted by Gasteiger charge is -2.36. The summed E-state index contributed by atoms with van der Waals surface area (Å²) in [6.45, 7) is 7.33. The molecule has 0 aromatic heterocycles. The number of amides is 1. The van der Waals surface area contributed by atoms with Crippen LogP contribution in [0.3, 0.4) is 0 Å². The second kappa shape index (κ2) is 8.82. The van der Waals surface area contributed by atoms with E-state index in [4.69, 9.17) is 0 Å². The number of piperazine rings is 1. The van der Waals surface area contributed by atoms with Crippen LogP contribution in [0.25, 0.3) is 0 Å². The molecule has 2 aliphatic rings. The summed E-state index contributed by atoms with van der Waals surface area (Å²) in [4.78, 5) is 20.1. The van der Waals surface area contributed by atoms with Gasteiger partial charge in [0.15, 0.2) is 5.96 Å². The highest BCUT2D eigenvalue weighted by molar-refractivity contribution is 14.0. The summed E-state index contributed by atoms with van der Waals surface area (Å²) in [7, 11) is 0. The monoisotopic (exact) mass is 460 g/mol. The van der Waals surface area contributed by atoms with E-state index in [1.54, 1.807) is 13.0 Å². The Bertz CT molecular complexity index is 631. The van der Waals surface area contributed by atoms with Crippen molar-refractivity contribution >= 4 is 35.8 Å². The molecule has 1 N–H and O–H groups in total. The minimum Gasteiger partial charge on any atom is -0.353 e. The summed E-state index contributed by atoms with van der Waals surface area (Å²) in [5.41, 5.74) is 0.784. The van der Waals surface area contributed by atoms with E-state index >= 15 is 0 Å². The number of nitrogens with one attached hydrogen (secondary N) is 1. The molecule has 138 valence electrons. The van der Waals surface area contributed by atoms with Crippen LogP contribution >= 0.6 is 24.0 Å². The number of carbonyl (C=O) groups excluding carboxylic acids is 1.